The molecule has 2 aromatic rings. The molecule has 120 valence electrons. The normalized spacial score (nSPS) is 11.9. The van der Waals surface area contributed by atoms with Crippen LogP contribution in [0.25, 0.3) is 11.0 Å². The Balaban J connectivity index is 1.94. The Bertz CT molecular complexity index is 682. The lowest BCUT2D eigenvalue weighted by Crippen LogP contribution is -2.29. The van der Waals surface area contributed by atoms with Crippen LogP contribution in [-0.2, 0) is 4.74 Å². The van der Waals surface area contributed by atoms with Crippen LogP contribution in [0.1, 0.15) is 16.1 Å². The first-order chi connectivity index (χ1) is 10.3. The second-order valence-corrected chi connectivity index (χ2v) is 5.06. The maximum atomic E-state index is 12.0. The van der Waals surface area contributed by atoms with Gasteiger partial charge in [-0.15, -0.1) is 0 Å². The Morgan fingerprint density at radius 1 is 1.41 bits per heavy atom. The fourth-order valence-electron chi connectivity index (χ4n) is 1.91. The van der Waals surface area contributed by atoms with Crippen molar-refractivity contribution in [2.24, 2.45) is 0 Å². The molecule has 22 heavy (non-hydrogen) atoms. The zero-order chi connectivity index (χ0) is 16.3. The zero-order valence-electron chi connectivity index (χ0n) is 11.6. The van der Waals surface area contributed by atoms with Gasteiger partial charge in [0.25, 0.3) is 5.91 Å². The quantitative estimate of drug-likeness (QED) is 0.848. The predicted octanol–water partition coefficient (Wildman–Crippen LogP) is 3.70. The number of hydrogen-bond acceptors (Lipinski definition) is 3. The van der Waals surface area contributed by atoms with Crippen molar-refractivity contribution in [3.05, 3.63) is 34.5 Å². The maximum absolute atomic E-state index is 12.0. The summed E-state index contributed by atoms with van der Waals surface area (Å²) in [4.78, 5) is 12.0. The average molecular weight is 336 g/mol. The van der Waals surface area contributed by atoms with Gasteiger partial charge >= 0.3 is 6.18 Å². The lowest BCUT2D eigenvalue weighted by molar-refractivity contribution is -0.173. The number of furan rings is 1. The first-order valence-corrected chi connectivity index (χ1v) is 6.77. The predicted molar refractivity (Wildman–Crippen MR) is 75.2 cm³/mol. The molecule has 0 bridgehead atoms. The van der Waals surface area contributed by atoms with E-state index in [0.717, 1.165) is 0 Å². The van der Waals surface area contributed by atoms with Gasteiger partial charge in [0, 0.05) is 22.5 Å². The highest BCUT2D eigenvalue weighted by atomic mass is 35.5. The summed E-state index contributed by atoms with van der Waals surface area (Å²) in [6.07, 6.45) is -4.38. The summed E-state index contributed by atoms with van der Waals surface area (Å²) in [5.74, 6) is -0.409. The number of fused-ring (bicyclic) bond motifs is 1. The van der Waals surface area contributed by atoms with Gasteiger partial charge in [0.15, 0.2) is 5.76 Å². The van der Waals surface area contributed by atoms with E-state index < -0.39 is 18.7 Å². The summed E-state index contributed by atoms with van der Waals surface area (Å²) in [5, 5.41) is 3.67. The molecular weight excluding hydrogens is 323 g/mol. The van der Waals surface area contributed by atoms with Crippen LogP contribution in [0.2, 0.25) is 5.02 Å². The third kappa shape index (κ3) is 4.14. The first kappa shape index (κ1) is 16.6. The summed E-state index contributed by atoms with van der Waals surface area (Å²) < 4.78 is 45.5. The molecule has 1 aromatic heterocycles. The monoisotopic (exact) mass is 335 g/mol. The summed E-state index contributed by atoms with van der Waals surface area (Å²) in [6, 6.07) is 4.96. The Kier molecular flexibility index (Phi) is 4.97. The van der Waals surface area contributed by atoms with Gasteiger partial charge in [-0.3, -0.25) is 4.79 Å². The molecule has 0 spiro atoms. The maximum Gasteiger partial charge on any atom is 0.411 e. The van der Waals surface area contributed by atoms with Crippen molar-refractivity contribution in [3.63, 3.8) is 0 Å². The summed E-state index contributed by atoms with van der Waals surface area (Å²) in [5.41, 5.74) is 1.13. The van der Waals surface area contributed by atoms with E-state index in [1.54, 1.807) is 25.1 Å². The van der Waals surface area contributed by atoms with E-state index in [9.17, 15) is 18.0 Å². The van der Waals surface area contributed by atoms with Crippen molar-refractivity contribution in [3.8, 4) is 0 Å². The SMILES string of the molecule is Cc1c(C(=O)NCCOCC(F)(F)F)oc2ccc(Cl)cc12. The van der Waals surface area contributed by atoms with Crippen molar-refractivity contribution in [1.29, 1.82) is 0 Å². The van der Waals surface area contributed by atoms with E-state index in [1.165, 1.54) is 0 Å². The van der Waals surface area contributed by atoms with E-state index >= 15 is 0 Å². The molecule has 0 aliphatic rings. The molecule has 1 aromatic carbocycles. The van der Waals surface area contributed by atoms with Crippen LogP contribution in [0.3, 0.4) is 0 Å². The Morgan fingerprint density at radius 3 is 2.82 bits per heavy atom. The van der Waals surface area contributed by atoms with E-state index in [-0.39, 0.29) is 18.9 Å². The van der Waals surface area contributed by atoms with E-state index in [0.29, 0.717) is 21.6 Å². The van der Waals surface area contributed by atoms with Crippen LogP contribution in [0.5, 0.6) is 0 Å². The summed E-state index contributed by atoms with van der Waals surface area (Å²) in [6.45, 7) is 0.0742. The second kappa shape index (κ2) is 6.58. The number of alkyl halides is 3. The molecule has 0 aliphatic carbocycles. The highest BCUT2D eigenvalue weighted by Crippen LogP contribution is 2.27. The molecule has 0 saturated heterocycles. The molecule has 0 radical (unpaired) electrons. The van der Waals surface area contributed by atoms with Crippen LogP contribution in [0, 0.1) is 6.92 Å². The standard InChI is InChI=1S/C14H13ClF3NO3/c1-8-10-6-9(15)2-3-11(10)22-12(8)13(20)19-4-5-21-7-14(16,17)18/h2-3,6H,4-5,7H2,1H3,(H,19,20). The third-order valence-electron chi connectivity index (χ3n) is 2.90. The molecular formula is C14H13ClF3NO3. The van der Waals surface area contributed by atoms with Crippen LogP contribution >= 0.6 is 11.6 Å². The molecule has 1 N–H and O–H groups in total. The van der Waals surface area contributed by atoms with Crippen molar-refractivity contribution in [1.82, 2.24) is 5.32 Å². The minimum atomic E-state index is -4.38. The van der Waals surface area contributed by atoms with E-state index in [1.807, 2.05) is 0 Å². The molecule has 1 heterocycles. The van der Waals surface area contributed by atoms with Crippen molar-refractivity contribution >= 4 is 28.5 Å². The Labute approximate surface area is 129 Å². The number of ether oxygens (including phenoxy) is 1. The average Bonchev–Trinajstić information content (AvgIpc) is 2.74. The fourth-order valence-corrected chi connectivity index (χ4v) is 2.09. The molecule has 0 atom stereocenters. The van der Waals surface area contributed by atoms with Crippen molar-refractivity contribution < 1.29 is 27.1 Å². The zero-order valence-corrected chi connectivity index (χ0v) is 12.3. The van der Waals surface area contributed by atoms with E-state index in [2.05, 4.69) is 10.1 Å². The van der Waals surface area contributed by atoms with Crippen molar-refractivity contribution in [2.75, 3.05) is 19.8 Å². The summed E-state index contributed by atoms with van der Waals surface area (Å²) in [7, 11) is 0. The first-order valence-electron chi connectivity index (χ1n) is 6.39. The van der Waals surface area contributed by atoms with Gasteiger partial charge in [-0.25, -0.2) is 0 Å². The van der Waals surface area contributed by atoms with Gasteiger partial charge in [-0.2, -0.15) is 13.2 Å². The molecule has 8 heteroatoms. The Morgan fingerprint density at radius 2 is 2.14 bits per heavy atom. The number of rotatable bonds is 5. The number of carbonyl (C=O) groups is 1. The van der Waals surface area contributed by atoms with E-state index in [4.69, 9.17) is 16.0 Å². The minimum absolute atomic E-state index is 0.0494. The van der Waals surface area contributed by atoms with Crippen LogP contribution in [0.4, 0.5) is 13.2 Å². The molecule has 1 amide bonds. The molecule has 0 aliphatic heterocycles. The van der Waals surface area contributed by atoms with Crippen LogP contribution in [-0.4, -0.2) is 31.8 Å². The number of amides is 1. The van der Waals surface area contributed by atoms with Crippen LogP contribution < -0.4 is 5.32 Å². The van der Waals surface area contributed by atoms with Crippen molar-refractivity contribution in [2.45, 2.75) is 13.1 Å². The number of aryl methyl sites for hydroxylation is 1. The molecule has 0 saturated carbocycles. The third-order valence-corrected chi connectivity index (χ3v) is 3.14. The minimum Gasteiger partial charge on any atom is -0.451 e. The topological polar surface area (TPSA) is 51.5 Å². The van der Waals surface area contributed by atoms with Gasteiger partial charge in [-0.1, -0.05) is 11.6 Å². The fraction of sp³-hybridized carbons (Fsp3) is 0.357. The summed E-state index contributed by atoms with van der Waals surface area (Å²) >= 11 is 5.88. The second-order valence-electron chi connectivity index (χ2n) is 4.62. The molecule has 0 fully saturated rings. The van der Waals surface area contributed by atoms with Gasteiger partial charge in [-0.05, 0) is 25.1 Å². The number of nitrogens with one attached hydrogen (secondary N) is 1. The Hall–Kier alpha value is -1.73. The molecule has 0 unspecified atom stereocenters. The molecule has 2 rings (SSSR count). The van der Waals surface area contributed by atoms with Gasteiger partial charge < -0.3 is 14.5 Å². The number of carbonyl (C=O) groups excluding carboxylic acids is 1. The number of benzene rings is 1. The number of hydrogen-bond donors (Lipinski definition) is 1. The molecule has 4 nitrogen and oxygen atoms in total. The smallest absolute Gasteiger partial charge is 0.411 e. The highest BCUT2D eigenvalue weighted by Gasteiger charge is 2.27. The lowest BCUT2D eigenvalue weighted by atomic mass is 10.1. The largest absolute Gasteiger partial charge is 0.451 e. The number of halogens is 4. The van der Waals surface area contributed by atoms with Gasteiger partial charge in [0.1, 0.15) is 12.2 Å². The van der Waals surface area contributed by atoms with Gasteiger partial charge in [0.05, 0.1) is 6.61 Å². The van der Waals surface area contributed by atoms with Crippen LogP contribution in [0.15, 0.2) is 22.6 Å². The highest BCUT2D eigenvalue weighted by molar-refractivity contribution is 6.31. The lowest BCUT2D eigenvalue weighted by Gasteiger charge is -2.08. The van der Waals surface area contributed by atoms with Gasteiger partial charge in [0.2, 0.25) is 0 Å².